The van der Waals surface area contributed by atoms with E-state index < -0.39 is 0 Å². The molecule has 132 valence electrons. The average Bonchev–Trinajstić information content (AvgIpc) is 3.55. The zero-order valence-electron chi connectivity index (χ0n) is 14.8. The summed E-state index contributed by atoms with van der Waals surface area (Å²) in [6.45, 7) is 2.86. The smallest absolute Gasteiger partial charge is 0.317 e. The van der Waals surface area contributed by atoms with Crippen molar-refractivity contribution >= 4 is 6.03 Å². The highest BCUT2D eigenvalue weighted by Crippen LogP contribution is 2.39. The minimum Gasteiger partial charge on any atom is -0.338 e. The highest BCUT2D eigenvalue weighted by atomic mass is 16.2. The second kappa shape index (κ2) is 6.90. The molecule has 2 saturated carbocycles. The lowest BCUT2D eigenvalue weighted by Gasteiger charge is -2.29. The van der Waals surface area contributed by atoms with Crippen LogP contribution in [-0.4, -0.2) is 39.3 Å². The molecule has 0 bridgehead atoms. The van der Waals surface area contributed by atoms with Crippen molar-refractivity contribution in [3.8, 4) is 5.69 Å². The number of carbonyl (C=O) groups is 1. The first kappa shape index (κ1) is 16.2. The summed E-state index contributed by atoms with van der Waals surface area (Å²) >= 11 is 0. The molecule has 0 radical (unpaired) electrons. The molecule has 5 heteroatoms. The fourth-order valence-electron chi connectivity index (χ4n) is 3.46. The van der Waals surface area contributed by atoms with E-state index in [1.165, 1.54) is 12.8 Å². The van der Waals surface area contributed by atoms with Crippen LogP contribution in [0.2, 0.25) is 0 Å². The lowest BCUT2D eigenvalue weighted by Crippen LogP contribution is -2.47. The van der Waals surface area contributed by atoms with E-state index in [4.69, 9.17) is 0 Å². The Morgan fingerprint density at radius 1 is 1.28 bits per heavy atom. The van der Waals surface area contributed by atoms with Gasteiger partial charge in [0.1, 0.15) is 0 Å². The molecule has 1 heterocycles. The van der Waals surface area contributed by atoms with Crippen molar-refractivity contribution < 1.29 is 4.79 Å². The van der Waals surface area contributed by atoms with Gasteiger partial charge in [-0.1, -0.05) is 18.2 Å². The third-order valence-corrected chi connectivity index (χ3v) is 5.26. The highest BCUT2D eigenvalue weighted by molar-refractivity contribution is 5.75. The largest absolute Gasteiger partial charge is 0.338 e. The fraction of sp³-hybridized carbons (Fsp3) is 0.500. The highest BCUT2D eigenvalue weighted by Gasteiger charge is 2.41. The number of aromatic nitrogens is 2. The summed E-state index contributed by atoms with van der Waals surface area (Å²) in [6.07, 6.45) is 9.59. The maximum Gasteiger partial charge on any atom is 0.317 e. The SMILES string of the molecule is CC(C1CC1)N(C(=O)NCCc1cnn(-c2ccccc2)c1)C1CC1. The molecule has 0 aliphatic heterocycles. The Morgan fingerprint density at radius 3 is 2.72 bits per heavy atom. The zero-order chi connectivity index (χ0) is 17.2. The van der Waals surface area contributed by atoms with Crippen LogP contribution in [0.15, 0.2) is 42.7 Å². The number of nitrogens with zero attached hydrogens (tertiary/aromatic N) is 3. The van der Waals surface area contributed by atoms with Crippen molar-refractivity contribution in [2.45, 2.75) is 51.1 Å². The van der Waals surface area contributed by atoms with Crippen molar-refractivity contribution in [2.24, 2.45) is 5.92 Å². The molecular formula is C20H26N4O. The molecule has 25 heavy (non-hydrogen) atoms. The number of para-hydroxylation sites is 1. The van der Waals surface area contributed by atoms with Crippen LogP contribution in [0, 0.1) is 5.92 Å². The predicted molar refractivity (Wildman–Crippen MR) is 97.7 cm³/mol. The molecule has 1 atom stereocenters. The Labute approximate surface area is 149 Å². The van der Waals surface area contributed by atoms with Crippen LogP contribution >= 0.6 is 0 Å². The number of carbonyl (C=O) groups excluding carboxylic acids is 1. The lowest BCUT2D eigenvalue weighted by atomic mass is 10.2. The molecule has 2 amide bonds. The van der Waals surface area contributed by atoms with Gasteiger partial charge in [0, 0.05) is 24.8 Å². The van der Waals surface area contributed by atoms with Gasteiger partial charge in [0.15, 0.2) is 0 Å². The Balaban J connectivity index is 1.30. The zero-order valence-corrected chi connectivity index (χ0v) is 14.8. The molecule has 1 unspecified atom stereocenters. The first-order valence-electron chi connectivity index (χ1n) is 9.37. The minimum atomic E-state index is 0.109. The van der Waals surface area contributed by atoms with Crippen LogP contribution < -0.4 is 5.32 Å². The van der Waals surface area contributed by atoms with E-state index >= 15 is 0 Å². The van der Waals surface area contributed by atoms with Crippen molar-refractivity contribution in [3.63, 3.8) is 0 Å². The minimum absolute atomic E-state index is 0.109. The number of rotatable bonds is 7. The quantitative estimate of drug-likeness (QED) is 0.841. The summed E-state index contributed by atoms with van der Waals surface area (Å²) in [5.74, 6) is 0.718. The molecule has 2 aliphatic rings. The third kappa shape index (κ3) is 3.86. The van der Waals surface area contributed by atoms with Crippen LogP contribution in [0.3, 0.4) is 0 Å². The van der Waals surface area contributed by atoms with E-state index in [9.17, 15) is 4.79 Å². The second-order valence-corrected chi connectivity index (χ2v) is 7.33. The number of benzene rings is 1. The number of amides is 2. The van der Waals surface area contributed by atoms with Crippen LogP contribution in [0.25, 0.3) is 5.69 Å². The van der Waals surface area contributed by atoms with Gasteiger partial charge in [0.2, 0.25) is 0 Å². The second-order valence-electron chi connectivity index (χ2n) is 7.33. The van der Waals surface area contributed by atoms with Crippen LogP contribution in [0.1, 0.15) is 38.2 Å². The molecule has 2 aromatic rings. The van der Waals surface area contributed by atoms with E-state index in [2.05, 4.69) is 22.2 Å². The number of hydrogen-bond acceptors (Lipinski definition) is 2. The van der Waals surface area contributed by atoms with E-state index in [1.807, 2.05) is 47.4 Å². The predicted octanol–water partition coefficient (Wildman–Crippen LogP) is 3.39. The summed E-state index contributed by atoms with van der Waals surface area (Å²) < 4.78 is 1.88. The normalized spacial score (nSPS) is 18.0. The van der Waals surface area contributed by atoms with Gasteiger partial charge in [-0.3, -0.25) is 0 Å². The van der Waals surface area contributed by atoms with Crippen LogP contribution in [0.4, 0.5) is 4.79 Å². The van der Waals surface area contributed by atoms with E-state index in [0.717, 1.165) is 36.4 Å². The number of nitrogens with one attached hydrogen (secondary N) is 1. The van der Waals surface area contributed by atoms with Gasteiger partial charge in [0.25, 0.3) is 0 Å². The Kier molecular flexibility index (Phi) is 4.47. The standard InChI is InChI=1S/C20H26N4O/c1-15(17-7-8-17)24(19-9-10-19)20(25)21-12-11-16-13-22-23(14-16)18-5-3-2-4-6-18/h2-6,13-15,17,19H,7-12H2,1H3,(H,21,25). The Morgan fingerprint density at radius 2 is 2.04 bits per heavy atom. The van der Waals surface area contributed by atoms with Crippen molar-refractivity contribution in [1.29, 1.82) is 0 Å². The summed E-state index contributed by atoms with van der Waals surface area (Å²) in [5, 5.41) is 7.53. The van der Waals surface area contributed by atoms with E-state index in [1.54, 1.807) is 0 Å². The topological polar surface area (TPSA) is 50.2 Å². The molecule has 1 aromatic heterocycles. The maximum atomic E-state index is 12.6. The summed E-state index contributed by atoms with van der Waals surface area (Å²) in [4.78, 5) is 14.7. The van der Waals surface area contributed by atoms with Crippen molar-refractivity contribution in [1.82, 2.24) is 20.0 Å². The molecule has 2 aliphatic carbocycles. The van der Waals surface area contributed by atoms with Gasteiger partial charge in [0.05, 0.1) is 11.9 Å². The average molecular weight is 338 g/mol. The Hall–Kier alpha value is -2.30. The lowest BCUT2D eigenvalue weighted by molar-refractivity contribution is 0.167. The molecule has 0 saturated heterocycles. The molecule has 5 nitrogen and oxygen atoms in total. The van der Waals surface area contributed by atoms with Gasteiger partial charge in [-0.2, -0.15) is 5.10 Å². The Bertz CT molecular complexity index is 718. The molecule has 1 N–H and O–H groups in total. The van der Waals surface area contributed by atoms with Crippen LogP contribution in [0.5, 0.6) is 0 Å². The van der Waals surface area contributed by atoms with Crippen molar-refractivity contribution in [2.75, 3.05) is 6.54 Å². The molecule has 1 aromatic carbocycles. The van der Waals surface area contributed by atoms with E-state index in [0.29, 0.717) is 18.6 Å². The fourth-order valence-corrected chi connectivity index (χ4v) is 3.46. The first-order valence-corrected chi connectivity index (χ1v) is 9.37. The first-order chi connectivity index (χ1) is 12.2. The molecule has 4 rings (SSSR count). The van der Waals surface area contributed by atoms with Crippen LogP contribution in [-0.2, 0) is 6.42 Å². The van der Waals surface area contributed by atoms with Gasteiger partial charge < -0.3 is 10.2 Å². The van der Waals surface area contributed by atoms with Gasteiger partial charge in [-0.25, -0.2) is 9.48 Å². The molecule has 0 spiro atoms. The van der Waals surface area contributed by atoms with E-state index in [-0.39, 0.29) is 6.03 Å². The van der Waals surface area contributed by atoms with Gasteiger partial charge >= 0.3 is 6.03 Å². The van der Waals surface area contributed by atoms with Gasteiger partial charge in [-0.05, 0) is 62.6 Å². The van der Waals surface area contributed by atoms with Gasteiger partial charge in [-0.15, -0.1) is 0 Å². The maximum absolute atomic E-state index is 12.6. The van der Waals surface area contributed by atoms with Crippen molar-refractivity contribution in [3.05, 3.63) is 48.3 Å². The number of hydrogen-bond donors (Lipinski definition) is 1. The summed E-state index contributed by atoms with van der Waals surface area (Å²) in [6, 6.07) is 11.0. The summed E-state index contributed by atoms with van der Waals surface area (Å²) in [5.41, 5.74) is 2.19. The monoisotopic (exact) mass is 338 g/mol. The third-order valence-electron chi connectivity index (χ3n) is 5.26. The molecule has 2 fully saturated rings. The molecular weight excluding hydrogens is 312 g/mol. The number of urea groups is 1. The summed E-state index contributed by atoms with van der Waals surface area (Å²) in [7, 11) is 0.